The average molecular weight is 223 g/mol. The predicted octanol–water partition coefficient (Wildman–Crippen LogP) is 1.70. The first-order valence-corrected chi connectivity index (χ1v) is 5.69. The topological polar surface area (TPSA) is 42.7 Å². The van der Waals surface area contributed by atoms with Gasteiger partial charge >= 0.3 is 0 Å². The van der Waals surface area contributed by atoms with Gasteiger partial charge in [0.25, 0.3) is 0 Å². The van der Waals surface area contributed by atoms with Crippen molar-refractivity contribution in [2.24, 2.45) is 0 Å². The number of furan rings is 1. The van der Waals surface area contributed by atoms with Crippen LogP contribution in [0.1, 0.15) is 29.7 Å². The van der Waals surface area contributed by atoms with Crippen molar-refractivity contribution in [3.05, 3.63) is 23.7 Å². The molecule has 1 saturated heterocycles. The minimum atomic E-state index is 0.328. The summed E-state index contributed by atoms with van der Waals surface area (Å²) in [5, 5.41) is 0. The van der Waals surface area contributed by atoms with E-state index < -0.39 is 0 Å². The van der Waals surface area contributed by atoms with E-state index in [2.05, 4.69) is 11.8 Å². The molecule has 1 aliphatic heterocycles. The van der Waals surface area contributed by atoms with Crippen molar-refractivity contribution in [1.82, 2.24) is 4.90 Å². The zero-order valence-corrected chi connectivity index (χ0v) is 9.52. The van der Waals surface area contributed by atoms with E-state index in [0.717, 1.165) is 44.7 Å². The maximum absolute atomic E-state index is 10.5. The van der Waals surface area contributed by atoms with Gasteiger partial charge in [-0.25, -0.2) is 0 Å². The van der Waals surface area contributed by atoms with Crippen molar-refractivity contribution in [2.75, 3.05) is 19.7 Å². The number of hydrogen-bond donors (Lipinski definition) is 0. The Morgan fingerprint density at radius 3 is 3.12 bits per heavy atom. The van der Waals surface area contributed by atoms with Crippen LogP contribution in [0.2, 0.25) is 0 Å². The van der Waals surface area contributed by atoms with Gasteiger partial charge in [-0.2, -0.15) is 0 Å². The van der Waals surface area contributed by atoms with E-state index in [1.165, 1.54) is 0 Å². The summed E-state index contributed by atoms with van der Waals surface area (Å²) in [6.07, 6.45) is 2.10. The van der Waals surface area contributed by atoms with Gasteiger partial charge in [-0.1, -0.05) is 6.92 Å². The van der Waals surface area contributed by atoms with Crippen molar-refractivity contribution in [3.8, 4) is 0 Å². The van der Waals surface area contributed by atoms with Gasteiger partial charge in [-0.05, 0) is 18.6 Å². The lowest BCUT2D eigenvalue weighted by atomic mass is 10.2. The standard InChI is InChI=1S/C12H17NO3/c1-2-10-7-13(5-6-15-10)8-11-3-4-12(9-14)16-11/h3-4,9-10H,2,5-8H2,1H3. The highest BCUT2D eigenvalue weighted by atomic mass is 16.5. The first-order chi connectivity index (χ1) is 7.81. The normalized spacial score (nSPS) is 22.2. The van der Waals surface area contributed by atoms with Gasteiger partial charge < -0.3 is 9.15 Å². The van der Waals surface area contributed by atoms with Crippen LogP contribution in [0.5, 0.6) is 0 Å². The monoisotopic (exact) mass is 223 g/mol. The van der Waals surface area contributed by atoms with E-state index in [9.17, 15) is 4.79 Å². The van der Waals surface area contributed by atoms with Crippen LogP contribution < -0.4 is 0 Å². The second-order valence-corrected chi connectivity index (χ2v) is 4.06. The highest BCUT2D eigenvalue weighted by molar-refractivity contribution is 5.70. The molecule has 0 amide bonds. The number of carbonyl (C=O) groups excluding carboxylic acids is 1. The zero-order valence-electron chi connectivity index (χ0n) is 9.52. The van der Waals surface area contributed by atoms with Crippen molar-refractivity contribution < 1.29 is 13.9 Å². The van der Waals surface area contributed by atoms with Crippen LogP contribution in [0.15, 0.2) is 16.5 Å². The largest absolute Gasteiger partial charge is 0.457 e. The molecule has 0 bridgehead atoms. The van der Waals surface area contributed by atoms with Gasteiger partial charge in [-0.3, -0.25) is 9.69 Å². The second-order valence-electron chi connectivity index (χ2n) is 4.06. The van der Waals surface area contributed by atoms with Crippen LogP contribution in [0.25, 0.3) is 0 Å². The van der Waals surface area contributed by atoms with E-state index in [0.29, 0.717) is 11.9 Å². The second kappa shape index (κ2) is 5.27. The fraction of sp³-hybridized carbons (Fsp3) is 0.583. The third kappa shape index (κ3) is 2.71. The Kier molecular flexibility index (Phi) is 3.74. The molecule has 0 spiro atoms. The fourth-order valence-electron chi connectivity index (χ4n) is 1.93. The van der Waals surface area contributed by atoms with Gasteiger partial charge in [0.05, 0.1) is 19.3 Å². The maximum Gasteiger partial charge on any atom is 0.185 e. The third-order valence-corrected chi connectivity index (χ3v) is 2.86. The Morgan fingerprint density at radius 2 is 2.44 bits per heavy atom. The molecule has 1 atom stereocenters. The highest BCUT2D eigenvalue weighted by Gasteiger charge is 2.19. The molecule has 0 aliphatic carbocycles. The zero-order chi connectivity index (χ0) is 11.4. The first kappa shape index (κ1) is 11.4. The molecular weight excluding hydrogens is 206 g/mol. The molecule has 0 radical (unpaired) electrons. The lowest BCUT2D eigenvalue weighted by Crippen LogP contribution is -2.41. The number of morpholine rings is 1. The van der Waals surface area contributed by atoms with Crippen LogP contribution >= 0.6 is 0 Å². The molecule has 0 saturated carbocycles. The van der Waals surface area contributed by atoms with Gasteiger partial charge in [0.1, 0.15) is 5.76 Å². The molecule has 4 nitrogen and oxygen atoms in total. The Morgan fingerprint density at radius 1 is 1.56 bits per heavy atom. The summed E-state index contributed by atoms with van der Waals surface area (Å²) in [7, 11) is 0. The molecule has 1 aromatic heterocycles. The average Bonchev–Trinajstić information content (AvgIpc) is 2.77. The molecule has 4 heteroatoms. The Labute approximate surface area is 95.2 Å². The summed E-state index contributed by atoms with van der Waals surface area (Å²) in [6.45, 7) is 5.53. The molecule has 2 heterocycles. The van der Waals surface area contributed by atoms with Gasteiger partial charge in [0.15, 0.2) is 12.0 Å². The van der Waals surface area contributed by atoms with Crippen LogP contribution in [-0.4, -0.2) is 37.0 Å². The fourth-order valence-corrected chi connectivity index (χ4v) is 1.93. The van der Waals surface area contributed by atoms with Crippen LogP contribution in [-0.2, 0) is 11.3 Å². The quantitative estimate of drug-likeness (QED) is 0.729. The smallest absolute Gasteiger partial charge is 0.185 e. The number of aldehydes is 1. The Bertz CT molecular complexity index is 348. The summed E-state index contributed by atoms with van der Waals surface area (Å²) in [6, 6.07) is 3.57. The summed E-state index contributed by atoms with van der Waals surface area (Å²) in [5.41, 5.74) is 0. The maximum atomic E-state index is 10.5. The summed E-state index contributed by atoms with van der Waals surface area (Å²) >= 11 is 0. The third-order valence-electron chi connectivity index (χ3n) is 2.86. The van der Waals surface area contributed by atoms with Crippen molar-refractivity contribution >= 4 is 6.29 Å². The first-order valence-electron chi connectivity index (χ1n) is 5.69. The van der Waals surface area contributed by atoms with Gasteiger partial charge in [-0.15, -0.1) is 0 Å². The number of nitrogens with zero attached hydrogens (tertiary/aromatic N) is 1. The molecule has 2 rings (SSSR count). The number of carbonyl (C=O) groups is 1. The minimum Gasteiger partial charge on any atom is -0.457 e. The minimum absolute atomic E-state index is 0.328. The van der Waals surface area contributed by atoms with Gasteiger partial charge in [0.2, 0.25) is 0 Å². The van der Waals surface area contributed by atoms with E-state index in [1.807, 2.05) is 6.07 Å². The molecule has 88 valence electrons. The number of rotatable bonds is 4. The van der Waals surface area contributed by atoms with Crippen LogP contribution in [0, 0.1) is 0 Å². The molecule has 1 unspecified atom stereocenters. The van der Waals surface area contributed by atoms with Crippen LogP contribution in [0.4, 0.5) is 0 Å². The predicted molar refractivity (Wildman–Crippen MR) is 59.4 cm³/mol. The van der Waals surface area contributed by atoms with E-state index >= 15 is 0 Å². The summed E-state index contributed by atoms with van der Waals surface area (Å²) in [4.78, 5) is 12.8. The molecule has 1 aliphatic rings. The van der Waals surface area contributed by atoms with Crippen molar-refractivity contribution in [1.29, 1.82) is 0 Å². The Balaban J connectivity index is 1.91. The van der Waals surface area contributed by atoms with E-state index in [-0.39, 0.29) is 0 Å². The number of ether oxygens (including phenoxy) is 1. The molecule has 16 heavy (non-hydrogen) atoms. The highest BCUT2D eigenvalue weighted by Crippen LogP contribution is 2.13. The molecule has 0 aromatic carbocycles. The molecule has 0 N–H and O–H groups in total. The summed E-state index contributed by atoms with van der Waals surface area (Å²) in [5.74, 6) is 1.24. The lowest BCUT2D eigenvalue weighted by Gasteiger charge is -2.31. The molecule has 1 fully saturated rings. The summed E-state index contributed by atoms with van der Waals surface area (Å²) < 4.78 is 10.9. The van der Waals surface area contributed by atoms with Crippen LogP contribution in [0.3, 0.4) is 0 Å². The van der Waals surface area contributed by atoms with E-state index in [4.69, 9.17) is 9.15 Å². The van der Waals surface area contributed by atoms with E-state index in [1.54, 1.807) is 6.07 Å². The Hall–Kier alpha value is -1.13. The molecule has 1 aromatic rings. The lowest BCUT2D eigenvalue weighted by molar-refractivity contribution is -0.0342. The molecular formula is C12H17NO3. The van der Waals surface area contributed by atoms with Crippen molar-refractivity contribution in [2.45, 2.75) is 26.0 Å². The van der Waals surface area contributed by atoms with Gasteiger partial charge in [0, 0.05) is 13.1 Å². The number of hydrogen-bond acceptors (Lipinski definition) is 4. The SMILES string of the molecule is CCC1CN(Cc2ccc(C=O)o2)CCO1. The van der Waals surface area contributed by atoms with Crippen molar-refractivity contribution in [3.63, 3.8) is 0 Å².